The van der Waals surface area contributed by atoms with Crippen molar-refractivity contribution in [2.75, 3.05) is 51.0 Å². The molecular weight excluding hydrogens is 431 g/mol. The number of aromatic nitrogens is 2. The molecule has 0 radical (unpaired) electrons. The smallest absolute Gasteiger partial charge is 0.475 e. The Morgan fingerprint density at radius 2 is 1.81 bits per heavy atom. The molecule has 4 heterocycles. The number of aliphatic carboxylic acids is 1. The summed E-state index contributed by atoms with van der Waals surface area (Å²) < 4.78 is 49.2. The first kappa shape index (κ1) is 24.7. The van der Waals surface area contributed by atoms with Crippen LogP contribution in [0, 0.1) is 11.3 Å². The first-order valence-electron chi connectivity index (χ1n) is 10.9. The standard InChI is InChI=1S/C19H29N3O3.C2HF3O2/c1-6-20-18(21-7-1)22-8-4-19(5-9-22)12-17(25-15-19)14-24-13-16-2-10-23-11-3-16;3-2(4,5)1(6)7/h1,6-7,16-17H,2-5,8-15H2;(H,6,7). The van der Waals surface area contributed by atoms with Crippen molar-refractivity contribution in [2.45, 2.75) is 44.4 Å². The van der Waals surface area contributed by atoms with Crippen molar-refractivity contribution in [3.05, 3.63) is 18.5 Å². The lowest BCUT2D eigenvalue weighted by molar-refractivity contribution is -0.192. The number of hydrogen-bond acceptors (Lipinski definition) is 7. The fraction of sp³-hybridized carbons (Fsp3) is 0.762. The number of nitrogens with zero attached hydrogens (tertiary/aromatic N) is 3. The quantitative estimate of drug-likeness (QED) is 0.716. The van der Waals surface area contributed by atoms with Gasteiger partial charge < -0.3 is 24.2 Å². The molecule has 3 fully saturated rings. The van der Waals surface area contributed by atoms with E-state index in [4.69, 9.17) is 24.1 Å². The first-order valence-corrected chi connectivity index (χ1v) is 10.9. The molecule has 1 aromatic heterocycles. The van der Waals surface area contributed by atoms with Crippen LogP contribution in [0.25, 0.3) is 0 Å². The van der Waals surface area contributed by atoms with Crippen LogP contribution >= 0.6 is 0 Å². The molecule has 3 aliphatic rings. The van der Waals surface area contributed by atoms with E-state index in [1.165, 1.54) is 0 Å². The summed E-state index contributed by atoms with van der Waals surface area (Å²) in [7, 11) is 0. The molecule has 1 atom stereocenters. The number of alkyl halides is 3. The van der Waals surface area contributed by atoms with Gasteiger partial charge in [0.15, 0.2) is 0 Å². The number of halogens is 3. The van der Waals surface area contributed by atoms with Crippen LogP contribution in [0.3, 0.4) is 0 Å². The van der Waals surface area contributed by atoms with Crippen LogP contribution < -0.4 is 4.90 Å². The van der Waals surface area contributed by atoms with E-state index in [0.717, 1.165) is 84.2 Å². The molecule has 180 valence electrons. The van der Waals surface area contributed by atoms with E-state index in [2.05, 4.69) is 14.9 Å². The molecule has 0 aromatic carbocycles. The van der Waals surface area contributed by atoms with Crippen LogP contribution in [0.1, 0.15) is 32.1 Å². The zero-order valence-electron chi connectivity index (χ0n) is 17.9. The number of hydrogen-bond donors (Lipinski definition) is 1. The van der Waals surface area contributed by atoms with Gasteiger partial charge in [-0.1, -0.05) is 0 Å². The van der Waals surface area contributed by atoms with Gasteiger partial charge in [0.2, 0.25) is 5.95 Å². The van der Waals surface area contributed by atoms with Crippen LogP contribution in [-0.4, -0.2) is 79.4 Å². The summed E-state index contributed by atoms with van der Waals surface area (Å²) >= 11 is 0. The Bertz CT molecular complexity index is 708. The molecule has 11 heteroatoms. The second-order valence-electron chi connectivity index (χ2n) is 8.57. The number of carboxylic acid groups (broad SMARTS) is 1. The highest BCUT2D eigenvalue weighted by molar-refractivity contribution is 5.73. The molecule has 0 amide bonds. The van der Waals surface area contributed by atoms with E-state index in [9.17, 15) is 13.2 Å². The number of ether oxygens (including phenoxy) is 3. The van der Waals surface area contributed by atoms with Gasteiger partial charge in [0.05, 0.1) is 19.3 Å². The molecule has 0 bridgehead atoms. The number of piperidine rings is 1. The van der Waals surface area contributed by atoms with Crippen LogP contribution in [0.5, 0.6) is 0 Å². The van der Waals surface area contributed by atoms with Crippen LogP contribution in [0.2, 0.25) is 0 Å². The molecule has 1 N–H and O–H groups in total. The van der Waals surface area contributed by atoms with E-state index in [1.54, 1.807) is 0 Å². The average molecular weight is 461 g/mol. The zero-order valence-corrected chi connectivity index (χ0v) is 17.9. The second kappa shape index (κ2) is 11.2. The molecule has 4 rings (SSSR count). The lowest BCUT2D eigenvalue weighted by Crippen LogP contribution is -2.41. The van der Waals surface area contributed by atoms with Gasteiger partial charge in [0.1, 0.15) is 0 Å². The van der Waals surface area contributed by atoms with Crippen LogP contribution in [-0.2, 0) is 19.0 Å². The highest BCUT2D eigenvalue weighted by atomic mass is 19.4. The minimum atomic E-state index is -5.08. The Labute approximate surface area is 185 Å². The number of carbonyl (C=O) groups is 1. The van der Waals surface area contributed by atoms with Crippen molar-refractivity contribution in [1.82, 2.24) is 9.97 Å². The van der Waals surface area contributed by atoms with Crippen molar-refractivity contribution in [1.29, 1.82) is 0 Å². The summed E-state index contributed by atoms with van der Waals surface area (Å²) in [6, 6.07) is 1.87. The van der Waals surface area contributed by atoms with Gasteiger partial charge in [-0.25, -0.2) is 14.8 Å². The van der Waals surface area contributed by atoms with Crippen LogP contribution in [0.15, 0.2) is 18.5 Å². The van der Waals surface area contributed by atoms with Crippen molar-refractivity contribution >= 4 is 11.9 Å². The summed E-state index contributed by atoms with van der Waals surface area (Å²) in [4.78, 5) is 19.9. The van der Waals surface area contributed by atoms with Gasteiger partial charge in [-0.15, -0.1) is 0 Å². The summed E-state index contributed by atoms with van der Waals surface area (Å²) in [6.07, 6.45) is 4.52. The summed E-state index contributed by atoms with van der Waals surface area (Å²) in [5, 5.41) is 7.12. The molecule has 1 unspecified atom stereocenters. The number of anilines is 1. The van der Waals surface area contributed by atoms with Crippen molar-refractivity contribution < 1.29 is 37.3 Å². The Morgan fingerprint density at radius 3 is 2.41 bits per heavy atom. The maximum Gasteiger partial charge on any atom is 0.490 e. The van der Waals surface area contributed by atoms with Gasteiger partial charge in [-0.3, -0.25) is 0 Å². The van der Waals surface area contributed by atoms with E-state index in [1.807, 2.05) is 18.5 Å². The van der Waals surface area contributed by atoms with Crippen molar-refractivity contribution in [3.8, 4) is 0 Å². The predicted octanol–water partition coefficient (Wildman–Crippen LogP) is 2.93. The lowest BCUT2D eigenvalue weighted by atomic mass is 9.77. The largest absolute Gasteiger partial charge is 0.490 e. The minimum Gasteiger partial charge on any atom is -0.475 e. The summed E-state index contributed by atoms with van der Waals surface area (Å²) in [6.45, 7) is 6.28. The third-order valence-corrected chi connectivity index (χ3v) is 6.19. The molecule has 8 nitrogen and oxygen atoms in total. The van der Waals surface area contributed by atoms with E-state index < -0.39 is 12.1 Å². The zero-order chi connectivity index (χ0) is 23.0. The molecule has 32 heavy (non-hydrogen) atoms. The number of carboxylic acids is 1. The van der Waals surface area contributed by atoms with E-state index in [0.29, 0.717) is 11.3 Å². The molecule has 1 spiro atoms. The van der Waals surface area contributed by atoms with Crippen LogP contribution in [0.4, 0.5) is 19.1 Å². The monoisotopic (exact) mass is 461 g/mol. The SMILES string of the molecule is O=C(O)C(F)(F)F.c1cnc(N2CCC3(CC2)COC(COCC2CCOCC2)C3)nc1. The Balaban J connectivity index is 0.000000360. The predicted molar refractivity (Wildman–Crippen MR) is 108 cm³/mol. The third-order valence-electron chi connectivity index (χ3n) is 6.19. The van der Waals surface area contributed by atoms with Gasteiger partial charge >= 0.3 is 12.1 Å². The fourth-order valence-electron chi connectivity index (χ4n) is 4.27. The summed E-state index contributed by atoms with van der Waals surface area (Å²) in [5.74, 6) is -1.24. The molecule has 1 aromatic rings. The van der Waals surface area contributed by atoms with Gasteiger partial charge in [-0.05, 0) is 49.5 Å². The van der Waals surface area contributed by atoms with Gasteiger partial charge in [0, 0.05) is 45.3 Å². The highest BCUT2D eigenvalue weighted by Crippen LogP contribution is 2.42. The Hall–Kier alpha value is -1.98. The maximum atomic E-state index is 10.6. The molecule has 0 saturated carbocycles. The van der Waals surface area contributed by atoms with Crippen molar-refractivity contribution in [3.63, 3.8) is 0 Å². The molecule has 0 aliphatic carbocycles. The van der Waals surface area contributed by atoms with Gasteiger partial charge in [0.25, 0.3) is 0 Å². The number of rotatable bonds is 5. The lowest BCUT2D eigenvalue weighted by Gasteiger charge is -2.38. The first-order chi connectivity index (χ1) is 15.3. The molecular formula is C21H30F3N3O5. The second-order valence-corrected chi connectivity index (χ2v) is 8.57. The molecule has 3 aliphatic heterocycles. The van der Waals surface area contributed by atoms with E-state index >= 15 is 0 Å². The van der Waals surface area contributed by atoms with Crippen molar-refractivity contribution in [2.24, 2.45) is 11.3 Å². The minimum absolute atomic E-state index is 0.263. The fourth-order valence-corrected chi connectivity index (χ4v) is 4.27. The topological polar surface area (TPSA) is 94.0 Å². The Kier molecular flexibility index (Phi) is 8.66. The van der Waals surface area contributed by atoms with E-state index in [-0.39, 0.29) is 6.10 Å². The summed E-state index contributed by atoms with van der Waals surface area (Å²) in [5.41, 5.74) is 0.331. The highest BCUT2D eigenvalue weighted by Gasteiger charge is 2.42. The average Bonchev–Trinajstić information content (AvgIpc) is 3.18. The Morgan fingerprint density at radius 1 is 1.19 bits per heavy atom. The molecule has 3 saturated heterocycles. The normalized spacial score (nSPS) is 23.6. The third kappa shape index (κ3) is 7.28. The maximum absolute atomic E-state index is 10.6. The van der Waals surface area contributed by atoms with Gasteiger partial charge in [-0.2, -0.15) is 13.2 Å².